The quantitative estimate of drug-likeness (QED) is 0.774. The molecule has 2 saturated carbocycles. The lowest BCUT2D eigenvalue weighted by Gasteiger charge is -2.30. The molecule has 0 radical (unpaired) electrons. The summed E-state index contributed by atoms with van der Waals surface area (Å²) >= 11 is 0. The molecule has 0 amide bonds. The van der Waals surface area contributed by atoms with Crippen LogP contribution in [0.5, 0.6) is 0 Å². The molecule has 0 heterocycles. The van der Waals surface area contributed by atoms with Crippen LogP contribution in [0.3, 0.4) is 0 Å². The van der Waals surface area contributed by atoms with Crippen molar-refractivity contribution < 1.29 is 18.0 Å². The van der Waals surface area contributed by atoms with Crippen molar-refractivity contribution in [2.45, 2.75) is 69.7 Å². The average Bonchev–Trinajstić information content (AvgIpc) is 2.78. The highest BCUT2D eigenvalue weighted by atomic mass is 19.4. The zero-order chi connectivity index (χ0) is 12.3. The Kier molecular flexibility index (Phi) is 4.31. The lowest BCUT2D eigenvalue weighted by Crippen LogP contribution is -2.38. The van der Waals surface area contributed by atoms with E-state index < -0.39 is 12.1 Å². The molecule has 0 aromatic carbocycles. The predicted octanol–water partition coefficient (Wildman–Crippen LogP) is 3.57. The Morgan fingerprint density at radius 3 is 2.00 bits per heavy atom. The third-order valence-electron chi connectivity index (χ3n) is 3.89. The van der Waals surface area contributed by atoms with Crippen molar-refractivity contribution in [3.8, 4) is 0 Å². The van der Waals surface area contributed by atoms with Gasteiger partial charge in [-0.15, -0.1) is 0 Å². The lowest BCUT2D eigenvalue weighted by molar-refractivity contribution is -0.185. The Balaban J connectivity index is 1.65. The molecule has 0 aromatic rings. The van der Waals surface area contributed by atoms with E-state index in [9.17, 15) is 13.2 Å². The fourth-order valence-corrected chi connectivity index (χ4v) is 2.74. The Labute approximate surface area is 99.9 Å². The summed E-state index contributed by atoms with van der Waals surface area (Å²) in [7, 11) is 0. The van der Waals surface area contributed by atoms with Crippen molar-refractivity contribution in [3.63, 3.8) is 0 Å². The number of nitrogens with one attached hydrogen (secondary N) is 1. The van der Waals surface area contributed by atoms with Crippen LogP contribution < -0.4 is 5.48 Å². The first-order chi connectivity index (χ1) is 8.05. The second kappa shape index (κ2) is 5.57. The largest absolute Gasteiger partial charge is 0.391 e. The summed E-state index contributed by atoms with van der Waals surface area (Å²) in [6, 6.07) is 0.106. The van der Waals surface area contributed by atoms with E-state index in [4.69, 9.17) is 4.84 Å². The summed E-state index contributed by atoms with van der Waals surface area (Å²) in [6.07, 6.45) is 2.40. The molecule has 2 fully saturated rings. The fourth-order valence-electron chi connectivity index (χ4n) is 2.74. The second-order valence-corrected chi connectivity index (χ2v) is 5.23. The molecule has 0 atom stereocenters. The van der Waals surface area contributed by atoms with Crippen LogP contribution in [0.25, 0.3) is 0 Å². The molecule has 2 aliphatic carbocycles. The van der Waals surface area contributed by atoms with Gasteiger partial charge in [0, 0.05) is 6.04 Å². The number of alkyl halides is 3. The van der Waals surface area contributed by atoms with Crippen molar-refractivity contribution in [2.75, 3.05) is 0 Å². The van der Waals surface area contributed by atoms with Crippen molar-refractivity contribution in [1.82, 2.24) is 5.48 Å². The van der Waals surface area contributed by atoms with Gasteiger partial charge in [-0.2, -0.15) is 18.7 Å². The van der Waals surface area contributed by atoms with Crippen molar-refractivity contribution >= 4 is 0 Å². The van der Waals surface area contributed by atoms with Gasteiger partial charge in [-0.05, 0) is 38.5 Å². The van der Waals surface area contributed by atoms with Gasteiger partial charge in [-0.1, -0.05) is 12.8 Å². The number of hydrogen-bond acceptors (Lipinski definition) is 2. The lowest BCUT2D eigenvalue weighted by atomic mass is 9.86. The number of hydrogen-bond donors (Lipinski definition) is 1. The highest BCUT2D eigenvalue weighted by molar-refractivity contribution is 4.79. The molecule has 2 rings (SSSR count). The molecule has 1 N–H and O–H groups in total. The third kappa shape index (κ3) is 3.85. The average molecular weight is 251 g/mol. The summed E-state index contributed by atoms with van der Waals surface area (Å²) in [5, 5.41) is 0. The summed E-state index contributed by atoms with van der Waals surface area (Å²) in [5.41, 5.74) is 2.97. The fraction of sp³-hybridized carbons (Fsp3) is 1.00. The zero-order valence-corrected chi connectivity index (χ0v) is 9.93. The van der Waals surface area contributed by atoms with Crippen LogP contribution in [0.1, 0.15) is 51.4 Å². The first kappa shape index (κ1) is 13.1. The van der Waals surface area contributed by atoms with E-state index in [-0.39, 0.29) is 25.0 Å². The molecule has 0 bridgehead atoms. The van der Waals surface area contributed by atoms with Gasteiger partial charge in [0.15, 0.2) is 0 Å². The van der Waals surface area contributed by atoms with Crippen LogP contribution >= 0.6 is 0 Å². The Bertz CT molecular complexity index is 230. The predicted molar refractivity (Wildman–Crippen MR) is 58.3 cm³/mol. The third-order valence-corrected chi connectivity index (χ3v) is 3.89. The molecule has 100 valence electrons. The molecule has 0 unspecified atom stereocenters. The number of hydroxylamine groups is 1. The highest BCUT2D eigenvalue weighted by Crippen LogP contribution is 2.37. The van der Waals surface area contributed by atoms with Crippen LogP contribution in [0.4, 0.5) is 13.2 Å². The van der Waals surface area contributed by atoms with Crippen LogP contribution in [0.15, 0.2) is 0 Å². The number of rotatable bonds is 3. The van der Waals surface area contributed by atoms with Crippen molar-refractivity contribution in [2.24, 2.45) is 5.92 Å². The summed E-state index contributed by atoms with van der Waals surface area (Å²) in [4.78, 5) is 5.53. The van der Waals surface area contributed by atoms with Crippen molar-refractivity contribution in [1.29, 1.82) is 0 Å². The molecule has 0 spiro atoms. The molecule has 2 nitrogen and oxygen atoms in total. The molecule has 0 aliphatic heterocycles. The smallest absolute Gasteiger partial charge is 0.298 e. The minimum atomic E-state index is -4.02. The normalized spacial score (nSPS) is 31.9. The topological polar surface area (TPSA) is 21.3 Å². The number of halogens is 3. The van der Waals surface area contributed by atoms with Gasteiger partial charge >= 0.3 is 6.18 Å². The first-order valence-electron chi connectivity index (χ1n) is 6.53. The highest BCUT2D eigenvalue weighted by Gasteiger charge is 2.41. The van der Waals surface area contributed by atoms with Crippen LogP contribution in [-0.2, 0) is 4.84 Å². The molecule has 2 aliphatic rings. The monoisotopic (exact) mass is 251 g/mol. The molecule has 0 aromatic heterocycles. The van der Waals surface area contributed by atoms with E-state index in [0.717, 1.165) is 12.8 Å². The van der Waals surface area contributed by atoms with Gasteiger partial charge in [0.2, 0.25) is 0 Å². The van der Waals surface area contributed by atoms with E-state index in [1.807, 2.05) is 0 Å². The Morgan fingerprint density at radius 2 is 1.47 bits per heavy atom. The molecule has 0 saturated heterocycles. The Morgan fingerprint density at radius 1 is 0.882 bits per heavy atom. The van der Waals surface area contributed by atoms with Crippen molar-refractivity contribution in [3.05, 3.63) is 0 Å². The maximum Gasteiger partial charge on any atom is 0.391 e. The van der Waals surface area contributed by atoms with Gasteiger partial charge in [0.05, 0.1) is 12.0 Å². The van der Waals surface area contributed by atoms with Gasteiger partial charge in [-0.25, -0.2) is 0 Å². The van der Waals surface area contributed by atoms with Gasteiger partial charge in [-0.3, -0.25) is 4.84 Å². The molecule has 5 heteroatoms. The minimum Gasteiger partial charge on any atom is -0.298 e. The summed E-state index contributed by atoms with van der Waals surface area (Å²) in [6.45, 7) is 0. The Hall–Kier alpha value is -0.290. The van der Waals surface area contributed by atoms with E-state index in [2.05, 4.69) is 5.48 Å². The van der Waals surface area contributed by atoms with E-state index in [1.54, 1.807) is 0 Å². The van der Waals surface area contributed by atoms with E-state index >= 15 is 0 Å². The minimum absolute atomic E-state index is 0.106. The van der Waals surface area contributed by atoms with Crippen LogP contribution in [-0.4, -0.2) is 18.3 Å². The molecule has 17 heavy (non-hydrogen) atoms. The van der Waals surface area contributed by atoms with E-state index in [1.165, 1.54) is 12.8 Å². The van der Waals surface area contributed by atoms with Gasteiger partial charge in [0.25, 0.3) is 0 Å². The SMILES string of the molecule is FC(F)(F)C1CCC(NOC2CCCC2)CC1. The van der Waals surface area contributed by atoms with Gasteiger partial charge in [0.1, 0.15) is 0 Å². The molecular formula is C12H20F3NO. The maximum atomic E-state index is 12.4. The standard InChI is InChI=1S/C12H20F3NO/c13-12(14,15)9-5-7-10(8-6-9)16-17-11-3-1-2-4-11/h9-11,16H,1-8H2. The summed E-state index contributed by atoms with van der Waals surface area (Å²) < 4.78 is 37.3. The van der Waals surface area contributed by atoms with Crippen LogP contribution in [0, 0.1) is 5.92 Å². The maximum absolute atomic E-state index is 12.4. The van der Waals surface area contributed by atoms with E-state index in [0.29, 0.717) is 12.8 Å². The zero-order valence-electron chi connectivity index (χ0n) is 9.93. The summed E-state index contributed by atoms with van der Waals surface area (Å²) in [5.74, 6) is -1.10. The van der Waals surface area contributed by atoms with Gasteiger partial charge < -0.3 is 0 Å². The molecular weight excluding hydrogens is 231 g/mol. The first-order valence-corrected chi connectivity index (χ1v) is 6.53. The van der Waals surface area contributed by atoms with Crippen LogP contribution in [0.2, 0.25) is 0 Å². The second-order valence-electron chi connectivity index (χ2n) is 5.23.